The number of hydrogen-bond acceptors (Lipinski definition) is 13. The zero-order valence-electron chi connectivity index (χ0n) is 44.7. The number of Topliss-reactive ketones (excluding diaryl/α,β-unsaturated/α-hetero) is 2. The first-order valence-corrected chi connectivity index (χ1v) is 26.4. The second-order valence-electron chi connectivity index (χ2n) is 19.8. The number of methoxy groups -OCH3 is 2. The lowest BCUT2D eigenvalue weighted by Gasteiger charge is -2.37. The van der Waals surface area contributed by atoms with Crippen LogP contribution in [0.5, 0.6) is 23.0 Å². The highest BCUT2D eigenvalue weighted by atomic mass is 16.5. The third-order valence-corrected chi connectivity index (χ3v) is 14.5. The molecule has 4 aromatic rings. The van der Waals surface area contributed by atoms with Crippen molar-refractivity contribution in [3.8, 4) is 23.0 Å². The molecule has 1 N–H and O–H groups in total. The summed E-state index contributed by atoms with van der Waals surface area (Å²) >= 11 is 0. The van der Waals surface area contributed by atoms with E-state index in [0.29, 0.717) is 80.0 Å². The van der Waals surface area contributed by atoms with E-state index in [9.17, 15) is 33.6 Å². The number of carbonyl (C=O) groups excluding carboxylic acids is 7. The van der Waals surface area contributed by atoms with Crippen LogP contribution in [0.25, 0.3) is 0 Å². The molecule has 4 atom stereocenters. The molecule has 3 heterocycles. The zero-order chi connectivity index (χ0) is 54.5. The van der Waals surface area contributed by atoms with Crippen molar-refractivity contribution in [1.82, 2.24) is 15.1 Å². The van der Waals surface area contributed by atoms with E-state index in [1.807, 2.05) is 38.1 Å². The minimum Gasteiger partial charge on any atom is -0.493 e. The Labute approximate surface area is 445 Å². The number of aryl methyl sites for hydroxylation is 4. The van der Waals surface area contributed by atoms with Crippen molar-refractivity contribution in [3.05, 3.63) is 130 Å². The first-order valence-electron chi connectivity index (χ1n) is 26.4. The van der Waals surface area contributed by atoms with E-state index >= 15 is 0 Å². The number of esters is 1. The molecule has 404 valence electrons. The summed E-state index contributed by atoms with van der Waals surface area (Å²) in [5.74, 6) is -1.58. The lowest BCUT2D eigenvalue weighted by atomic mass is 9.91. The molecule has 4 aromatic carbocycles. The molecule has 2 saturated heterocycles. The molecule has 7 rings (SSSR count). The number of benzene rings is 4. The van der Waals surface area contributed by atoms with Gasteiger partial charge in [0.05, 0.1) is 31.3 Å². The molecule has 0 saturated carbocycles. The van der Waals surface area contributed by atoms with Gasteiger partial charge in [-0.1, -0.05) is 62.0 Å². The maximum absolute atomic E-state index is 14.5. The summed E-state index contributed by atoms with van der Waals surface area (Å²) < 4.78 is 35.3. The van der Waals surface area contributed by atoms with Gasteiger partial charge in [0.2, 0.25) is 11.8 Å². The number of carbonyl (C=O) groups is 7. The minimum atomic E-state index is -0.965. The van der Waals surface area contributed by atoms with Crippen LogP contribution in [0.4, 0.5) is 0 Å². The largest absolute Gasteiger partial charge is 0.493 e. The Bertz CT molecular complexity index is 2820. The van der Waals surface area contributed by atoms with E-state index in [-0.39, 0.29) is 80.0 Å². The number of nitrogens with zero attached hydrogens (tertiary/aromatic N) is 2. The molecule has 3 aliphatic heterocycles. The summed E-state index contributed by atoms with van der Waals surface area (Å²) in [5.41, 5.74) is 6.34. The Balaban J connectivity index is 0.902. The Hall–Kier alpha value is -7.33. The third-order valence-electron chi connectivity index (χ3n) is 14.5. The minimum absolute atomic E-state index is 0.0283. The molecule has 3 aliphatic rings. The van der Waals surface area contributed by atoms with Crippen molar-refractivity contribution in [2.45, 2.75) is 129 Å². The molecular formula is C60H71N3O13. The average Bonchev–Trinajstić information content (AvgIpc) is 3.67. The van der Waals surface area contributed by atoms with Gasteiger partial charge in [-0.2, -0.15) is 0 Å². The highest BCUT2D eigenvalue weighted by Gasteiger charge is 2.46. The number of ketones is 2. The van der Waals surface area contributed by atoms with Gasteiger partial charge < -0.3 is 38.6 Å². The number of rotatable bonds is 26. The summed E-state index contributed by atoms with van der Waals surface area (Å²) in [5, 5.41) is 2.61. The maximum atomic E-state index is 14.5. The Morgan fingerprint density at radius 1 is 0.763 bits per heavy atom. The summed E-state index contributed by atoms with van der Waals surface area (Å²) in [6, 6.07) is 20.2. The molecule has 0 aromatic heterocycles. The summed E-state index contributed by atoms with van der Waals surface area (Å²) in [7, 11) is 3.15. The molecular weight excluding hydrogens is 971 g/mol. The molecule has 0 spiro atoms. The Kier molecular flexibility index (Phi) is 19.6. The fourth-order valence-electron chi connectivity index (χ4n) is 10.2. The second kappa shape index (κ2) is 26.4. The first-order chi connectivity index (χ1) is 36.6. The third kappa shape index (κ3) is 13.5. The average molecular weight is 1040 g/mol. The zero-order valence-corrected chi connectivity index (χ0v) is 44.7. The van der Waals surface area contributed by atoms with Crippen LogP contribution in [0.2, 0.25) is 0 Å². The maximum Gasteiger partial charge on any atom is 0.329 e. The van der Waals surface area contributed by atoms with Gasteiger partial charge in [0.15, 0.2) is 23.1 Å². The number of amides is 4. The summed E-state index contributed by atoms with van der Waals surface area (Å²) in [4.78, 5) is 96.8. The number of para-hydroxylation sites is 1. The van der Waals surface area contributed by atoms with E-state index in [0.717, 1.165) is 40.0 Å². The van der Waals surface area contributed by atoms with E-state index in [1.54, 1.807) is 37.3 Å². The van der Waals surface area contributed by atoms with Gasteiger partial charge in [-0.3, -0.25) is 33.7 Å². The lowest BCUT2D eigenvalue weighted by Crippen LogP contribution is -2.51. The van der Waals surface area contributed by atoms with Crippen LogP contribution < -0.4 is 24.3 Å². The lowest BCUT2D eigenvalue weighted by molar-refractivity contribution is -0.162. The Morgan fingerprint density at radius 3 is 2.16 bits per heavy atom. The SMILES string of the molecule is C=C1CCC(N2C(=O)c3cccc(OCC(=O)CCCOCCCC(=O)COc4ccccc4[C@@H](CCc4ccc(C)c(C)c4)OC(=O)[C@@H]4CCCCN4C(=O)[C@@H](CC)c4cc(C)c(OC)c(OC)c4)c3C2=O)C(=O)N1. The van der Waals surface area contributed by atoms with E-state index < -0.39 is 47.8 Å². The molecule has 0 bridgehead atoms. The molecule has 1 unspecified atom stereocenters. The monoisotopic (exact) mass is 1040 g/mol. The van der Waals surface area contributed by atoms with Crippen molar-refractivity contribution >= 4 is 41.2 Å². The number of allylic oxidation sites excluding steroid dienone is 1. The highest BCUT2D eigenvalue weighted by Crippen LogP contribution is 2.39. The van der Waals surface area contributed by atoms with Gasteiger partial charge in [0, 0.05) is 43.9 Å². The number of nitrogens with one attached hydrogen (secondary N) is 1. The number of imide groups is 1. The summed E-state index contributed by atoms with van der Waals surface area (Å²) in [6.45, 7) is 12.2. The van der Waals surface area contributed by atoms with Crippen LogP contribution in [0.3, 0.4) is 0 Å². The van der Waals surface area contributed by atoms with Crippen LogP contribution in [0.15, 0.2) is 85.1 Å². The van der Waals surface area contributed by atoms with Crippen LogP contribution in [-0.4, -0.2) is 110 Å². The first kappa shape index (κ1) is 56.4. The topological polar surface area (TPSA) is 193 Å². The van der Waals surface area contributed by atoms with Crippen LogP contribution in [0, 0.1) is 20.8 Å². The fourth-order valence-corrected chi connectivity index (χ4v) is 10.2. The van der Waals surface area contributed by atoms with Crippen molar-refractivity contribution in [2.24, 2.45) is 0 Å². The number of hydrogen-bond donors (Lipinski definition) is 1. The summed E-state index contributed by atoms with van der Waals surface area (Å²) in [6.07, 6.45) is 4.65. The van der Waals surface area contributed by atoms with E-state index in [4.69, 9.17) is 28.4 Å². The molecule has 4 amide bonds. The number of fused-ring (bicyclic) bond motifs is 1. The quantitative estimate of drug-likeness (QED) is 0.0356. The van der Waals surface area contributed by atoms with E-state index in [2.05, 4.69) is 43.9 Å². The van der Waals surface area contributed by atoms with Gasteiger partial charge in [-0.15, -0.1) is 0 Å². The van der Waals surface area contributed by atoms with Crippen molar-refractivity contribution < 1.29 is 62.0 Å². The van der Waals surface area contributed by atoms with E-state index in [1.165, 1.54) is 17.7 Å². The van der Waals surface area contributed by atoms with Gasteiger partial charge in [-0.05, 0) is 137 Å². The molecule has 16 heteroatoms. The fraction of sp³-hybridized carbons (Fsp3) is 0.450. The molecule has 0 radical (unpaired) electrons. The molecule has 16 nitrogen and oxygen atoms in total. The van der Waals surface area contributed by atoms with Crippen LogP contribution in [-0.2, 0) is 39.9 Å². The van der Waals surface area contributed by atoms with Gasteiger partial charge >= 0.3 is 5.97 Å². The van der Waals surface area contributed by atoms with Crippen LogP contribution in [0.1, 0.15) is 144 Å². The molecule has 0 aliphatic carbocycles. The highest BCUT2D eigenvalue weighted by molar-refractivity contribution is 6.24. The normalized spacial score (nSPS) is 17.1. The number of likely N-dealkylation sites (tertiary alicyclic amines) is 1. The van der Waals surface area contributed by atoms with Gasteiger partial charge in [0.1, 0.15) is 42.9 Å². The smallest absolute Gasteiger partial charge is 0.329 e. The predicted molar refractivity (Wildman–Crippen MR) is 284 cm³/mol. The van der Waals surface area contributed by atoms with Crippen LogP contribution >= 0.6 is 0 Å². The van der Waals surface area contributed by atoms with Crippen molar-refractivity contribution in [3.63, 3.8) is 0 Å². The van der Waals surface area contributed by atoms with Crippen molar-refractivity contribution in [1.29, 1.82) is 0 Å². The van der Waals surface area contributed by atoms with Crippen molar-refractivity contribution in [2.75, 3.05) is 47.2 Å². The Morgan fingerprint density at radius 2 is 1.47 bits per heavy atom. The molecule has 2 fully saturated rings. The van der Waals surface area contributed by atoms with Gasteiger partial charge in [-0.25, -0.2) is 4.79 Å². The predicted octanol–water partition coefficient (Wildman–Crippen LogP) is 8.98. The molecule has 76 heavy (non-hydrogen) atoms. The number of piperidine rings is 2. The second-order valence-corrected chi connectivity index (χ2v) is 19.8. The standard InChI is InChI=1S/C60H71N3O13/c1-8-45(42-33-39(4)55(72-7)53(34-42)71-6)57(67)62-29-12-11-20-49(62)60(70)76-51(28-26-41-25-23-37(2)38(3)32-41)46-18-9-10-21-50(46)74-35-43(64)16-14-30-73-31-15-17-44(65)36-75-52-22-13-19-47-54(52)59(69)63(58(47)68)48-27-24-40(5)61-56(48)66/h9-10,13,18-19,21-23,25,32-34,45,48-49,51H,5,8,11-12,14-17,20,24,26-31,35-36H2,1-4,6-7H3,(H,61,66)/t45-,48?,49-,51+/m0/s1. The number of ether oxygens (including phenoxy) is 6. The van der Waals surface area contributed by atoms with Gasteiger partial charge in [0.25, 0.3) is 11.8 Å².